The van der Waals surface area contributed by atoms with Crippen LogP contribution in [-0.4, -0.2) is 24.7 Å². The van der Waals surface area contributed by atoms with Gasteiger partial charge in [-0.05, 0) is 42.7 Å². The van der Waals surface area contributed by atoms with Crippen molar-refractivity contribution in [1.29, 1.82) is 0 Å². The Labute approximate surface area is 123 Å². The van der Waals surface area contributed by atoms with Gasteiger partial charge < -0.3 is 5.32 Å². The number of anilines is 1. The maximum Gasteiger partial charge on any atom is 0.263 e. The highest BCUT2D eigenvalue weighted by molar-refractivity contribution is 7.92. The van der Waals surface area contributed by atoms with Crippen LogP contribution in [0.25, 0.3) is 0 Å². The summed E-state index contributed by atoms with van der Waals surface area (Å²) < 4.78 is 27.0. The molecule has 0 bridgehead atoms. The molecular weight excluding hydrogens is 288 g/mol. The van der Waals surface area contributed by atoms with Gasteiger partial charge in [-0.25, -0.2) is 8.42 Å². The number of rotatable bonds is 6. The van der Waals surface area contributed by atoms with E-state index in [1.165, 1.54) is 19.0 Å². The Morgan fingerprint density at radius 3 is 2.76 bits per heavy atom. The minimum Gasteiger partial charge on any atom is -0.310 e. The predicted octanol–water partition coefficient (Wildman–Crippen LogP) is 1.53. The standard InChI is InChI=1S/C14H16N4O2S/c19-21(20,18-14-5-2-8-16-17-14)13-4-1-3-11(9-13)10-15-12-6-7-12/h1-5,8-9,12,15H,6-7,10H2,(H,17,18). The molecule has 2 aromatic rings. The van der Waals surface area contributed by atoms with Gasteiger partial charge in [0.2, 0.25) is 0 Å². The molecule has 0 aliphatic heterocycles. The zero-order valence-corrected chi connectivity index (χ0v) is 12.2. The Bertz CT molecular complexity index is 715. The zero-order valence-electron chi connectivity index (χ0n) is 11.4. The maximum absolute atomic E-state index is 12.3. The molecule has 1 aliphatic carbocycles. The molecule has 3 rings (SSSR count). The quantitative estimate of drug-likeness (QED) is 0.845. The molecule has 0 radical (unpaired) electrons. The summed E-state index contributed by atoms with van der Waals surface area (Å²) in [6.07, 6.45) is 3.89. The van der Waals surface area contributed by atoms with Crippen molar-refractivity contribution in [3.8, 4) is 0 Å². The Kier molecular flexibility index (Phi) is 3.85. The predicted molar refractivity (Wildman–Crippen MR) is 79.1 cm³/mol. The van der Waals surface area contributed by atoms with E-state index in [0.717, 1.165) is 5.56 Å². The minimum absolute atomic E-state index is 0.207. The Balaban J connectivity index is 1.76. The van der Waals surface area contributed by atoms with E-state index < -0.39 is 10.0 Å². The number of nitrogens with zero attached hydrogens (tertiary/aromatic N) is 2. The molecule has 6 nitrogen and oxygen atoms in total. The highest BCUT2D eigenvalue weighted by Gasteiger charge is 2.20. The third-order valence-electron chi connectivity index (χ3n) is 3.19. The van der Waals surface area contributed by atoms with Crippen molar-refractivity contribution < 1.29 is 8.42 Å². The summed E-state index contributed by atoms with van der Waals surface area (Å²) in [5.74, 6) is 0.207. The van der Waals surface area contributed by atoms with Gasteiger partial charge in [-0.3, -0.25) is 4.72 Å². The van der Waals surface area contributed by atoms with E-state index in [9.17, 15) is 8.42 Å². The second-order valence-electron chi connectivity index (χ2n) is 5.02. The van der Waals surface area contributed by atoms with Crippen LogP contribution in [0.4, 0.5) is 5.82 Å². The molecule has 1 aliphatic rings. The van der Waals surface area contributed by atoms with Gasteiger partial charge in [-0.1, -0.05) is 12.1 Å². The summed E-state index contributed by atoms with van der Waals surface area (Å²) in [5, 5.41) is 10.7. The molecule has 0 amide bonds. The van der Waals surface area contributed by atoms with Crippen LogP contribution < -0.4 is 10.0 Å². The fraction of sp³-hybridized carbons (Fsp3) is 0.286. The van der Waals surface area contributed by atoms with Gasteiger partial charge in [0.1, 0.15) is 0 Å². The summed E-state index contributed by atoms with van der Waals surface area (Å²) >= 11 is 0. The number of hydrogen-bond donors (Lipinski definition) is 2. The van der Waals surface area contributed by atoms with Crippen molar-refractivity contribution in [3.63, 3.8) is 0 Å². The number of nitrogens with one attached hydrogen (secondary N) is 2. The van der Waals surface area contributed by atoms with E-state index in [1.54, 1.807) is 30.3 Å². The van der Waals surface area contributed by atoms with Crippen LogP contribution in [0.5, 0.6) is 0 Å². The van der Waals surface area contributed by atoms with Gasteiger partial charge >= 0.3 is 0 Å². The van der Waals surface area contributed by atoms with E-state index in [1.807, 2.05) is 6.07 Å². The minimum atomic E-state index is -3.64. The van der Waals surface area contributed by atoms with E-state index in [4.69, 9.17) is 0 Å². The first kappa shape index (κ1) is 14.0. The lowest BCUT2D eigenvalue weighted by atomic mass is 10.2. The normalized spacial score (nSPS) is 14.9. The summed E-state index contributed by atoms with van der Waals surface area (Å²) in [7, 11) is -3.64. The molecule has 1 heterocycles. The molecule has 0 unspecified atom stereocenters. The zero-order chi connectivity index (χ0) is 14.7. The molecule has 7 heteroatoms. The SMILES string of the molecule is O=S(=O)(Nc1cccnn1)c1cccc(CNC2CC2)c1. The number of benzene rings is 1. The van der Waals surface area contributed by atoms with Gasteiger partial charge in [-0.2, -0.15) is 5.10 Å². The van der Waals surface area contributed by atoms with Crippen LogP contribution in [0.2, 0.25) is 0 Å². The van der Waals surface area contributed by atoms with Crippen molar-refractivity contribution in [2.75, 3.05) is 4.72 Å². The lowest BCUT2D eigenvalue weighted by Gasteiger charge is -2.09. The lowest BCUT2D eigenvalue weighted by Crippen LogP contribution is -2.17. The fourth-order valence-electron chi connectivity index (χ4n) is 1.92. The average Bonchev–Trinajstić information content (AvgIpc) is 3.30. The van der Waals surface area contributed by atoms with Crippen molar-refractivity contribution in [2.24, 2.45) is 0 Å². The molecule has 110 valence electrons. The van der Waals surface area contributed by atoms with E-state index in [2.05, 4.69) is 20.2 Å². The van der Waals surface area contributed by atoms with Crippen molar-refractivity contribution >= 4 is 15.8 Å². The first-order valence-corrected chi connectivity index (χ1v) is 8.25. The largest absolute Gasteiger partial charge is 0.310 e. The van der Waals surface area contributed by atoms with Crippen molar-refractivity contribution in [2.45, 2.75) is 30.3 Å². The molecule has 0 atom stereocenters. The van der Waals surface area contributed by atoms with Crippen LogP contribution >= 0.6 is 0 Å². The van der Waals surface area contributed by atoms with Gasteiger partial charge in [0.05, 0.1) is 4.90 Å². The highest BCUT2D eigenvalue weighted by atomic mass is 32.2. The summed E-state index contributed by atoms with van der Waals surface area (Å²) in [6, 6.07) is 10.7. The lowest BCUT2D eigenvalue weighted by molar-refractivity contribution is 0.600. The average molecular weight is 304 g/mol. The third-order valence-corrected chi connectivity index (χ3v) is 4.54. The third kappa shape index (κ3) is 3.77. The second-order valence-corrected chi connectivity index (χ2v) is 6.70. The first-order chi connectivity index (χ1) is 10.1. The smallest absolute Gasteiger partial charge is 0.263 e. The van der Waals surface area contributed by atoms with Gasteiger partial charge in [-0.15, -0.1) is 5.10 Å². The molecule has 1 aromatic carbocycles. The van der Waals surface area contributed by atoms with Gasteiger partial charge in [0.25, 0.3) is 10.0 Å². The number of sulfonamides is 1. The van der Waals surface area contributed by atoms with E-state index in [0.29, 0.717) is 12.6 Å². The van der Waals surface area contributed by atoms with Crippen LogP contribution in [0, 0.1) is 0 Å². The van der Waals surface area contributed by atoms with Crippen molar-refractivity contribution in [3.05, 3.63) is 48.2 Å². The molecular formula is C14H16N4O2S. The monoisotopic (exact) mass is 304 g/mol. The molecule has 0 saturated heterocycles. The Hall–Kier alpha value is -1.99. The molecule has 1 aromatic heterocycles. The molecule has 1 saturated carbocycles. The van der Waals surface area contributed by atoms with Crippen LogP contribution in [0.1, 0.15) is 18.4 Å². The van der Waals surface area contributed by atoms with Gasteiger partial charge in [0, 0.05) is 18.8 Å². The summed E-state index contributed by atoms with van der Waals surface area (Å²) in [4.78, 5) is 0.225. The number of hydrogen-bond acceptors (Lipinski definition) is 5. The van der Waals surface area contributed by atoms with E-state index >= 15 is 0 Å². The Morgan fingerprint density at radius 1 is 1.19 bits per heavy atom. The topological polar surface area (TPSA) is 84.0 Å². The van der Waals surface area contributed by atoms with Crippen LogP contribution in [0.3, 0.4) is 0 Å². The second kappa shape index (κ2) is 5.79. The summed E-state index contributed by atoms with van der Waals surface area (Å²) in [6.45, 7) is 0.680. The summed E-state index contributed by atoms with van der Waals surface area (Å²) in [5.41, 5.74) is 0.948. The maximum atomic E-state index is 12.3. The highest BCUT2D eigenvalue weighted by Crippen LogP contribution is 2.20. The van der Waals surface area contributed by atoms with Crippen molar-refractivity contribution in [1.82, 2.24) is 15.5 Å². The van der Waals surface area contributed by atoms with E-state index in [-0.39, 0.29) is 10.7 Å². The molecule has 0 spiro atoms. The molecule has 1 fully saturated rings. The molecule has 2 N–H and O–H groups in total. The first-order valence-electron chi connectivity index (χ1n) is 6.76. The number of aromatic nitrogens is 2. The Morgan fingerprint density at radius 2 is 2.05 bits per heavy atom. The van der Waals surface area contributed by atoms with Crippen LogP contribution in [0.15, 0.2) is 47.5 Å². The van der Waals surface area contributed by atoms with Gasteiger partial charge in [0.15, 0.2) is 5.82 Å². The fourth-order valence-corrected chi connectivity index (χ4v) is 2.99. The molecule has 21 heavy (non-hydrogen) atoms. The van der Waals surface area contributed by atoms with Crippen LogP contribution in [-0.2, 0) is 16.6 Å².